The molecule has 1 aromatic carbocycles. The molecule has 0 amide bonds. The van der Waals surface area contributed by atoms with Gasteiger partial charge in [0, 0.05) is 52.6 Å². The molecule has 1 N–H and O–H groups in total. The van der Waals surface area contributed by atoms with Crippen LogP contribution < -0.4 is 10.2 Å². The van der Waals surface area contributed by atoms with Gasteiger partial charge < -0.3 is 24.6 Å². The van der Waals surface area contributed by atoms with E-state index in [0.717, 1.165) is 64.6 Å². The first-order valence-corrected chi connectivity index (χ1v) is 10.2. The summed E-state index contributed by atoms with van der Waals surface area (Å²) in [6, 6.07) is 8.72. The molecule has 2 heterocycles. The van der Waals surface area contributed by atoms with Crippen LogP contribution in [0.1, 0.15) is 25.3 Å². The summed E-state index contributed by atoms with van der Waals surface area (Å²) in [5.41, 5.74) is 2.54. The molecule has 2 unspecified atom stereocenters. The zero-order valence-electron chi connectivity index (χ0n) is 17.4. The average molecular weight is 502 g/mol. The minimum absolute atomic E-state index is 0. The van der Waals surface area contributed by atoms with Gasteiger partial charge in [0.25, 0.3) is 0 Å². The first kappa shape index (κ1) is 23.2. The molecule has 158 valence electrons. The van der Waals surface area contributed by atoms with Crippen LogP contribution in [0.2, 0.25) is 0 Å². The number of halogens is 1. The number of nitrogens with zero attached hydrogens (tertiary/aromatic N) is 3. The number of ether oxygens (including phenoxy) is 2. The van der Waals surface area contributed by atoms with E-state index >= 15 is 0 Å². The Balaban J connectivity index is 0.00000280. The van der Waals surface area contributed by atoms with Gasteiger partial charge in [-0.3, -0.25) is 4.99 Å². The van der Waals surface area contributed by atoms with Crippen molar-refractivity contribution in [3.63, 3.8) is 0 Å². The molecule has 0 aliphatic carbocycles. The van der Waals surface area contributed by atoms with E-state index in [0.29, 0.717) is 0 Å². The lowest BCUT2D eigenvalue weighted by Crippen LogP contribution is -2.53. The van der Waals surface area contributed by atoms with Gasteiger partial charge in [-0.2, -0.15) is 0 Å². The number of benzene rings is 1. The van der Waals surface area contributed by atoms with Gasteiger partial charge in [-0.05, 0) is 43.9 Å². The summed E-state index contributed by atoms with van der Waals surface area (Å²) in [5.74, 6) is 0.994. The highest BCUT2D eigenvalue weighted by Gasteiger charge is 2.32. The maximum Gasteiger partial charge on any atom is 0.194 e. The van der Waals surface area contributed by atoms with Crippen molar-refractivity contribution in [3.05, 3.63) is 29.8 Å². The number of rotatable bonds is 6. The molecule has 2 saturated heterocycles. The van der Waals surface area contributed by atoms with E-state index in [1.807, 2.05) is 0 Å². The van der Waals surface area contributed by atoms with Crippen molar-refractivity contribution in [2.24, 2.45) is 4.99 Å². The minimum atomic E-state index is 0. The van der Waals surface area contributed by atoms with Crippen molar-refractivity contribution < 1.29 is 9.47 Å². The summed E-state index contributed by atoms with van der Waals surface area (Å²) >= 11 is 0. The van der Waals surface area contributed by atoms with E-state index in [1.54, 1.807) is 0 Å². The number of hydrogen-bond donors (Lipinski definition) is 1. The molecule has 0 radical (unpaired) electrons. The predicted molar refractivity (Wildman–Crippen MR) is 126 cm³/mol. The topological polar surface area (TPSA) is 49.3 Å². The molecule has 0 saturated carbocycles. The van der Waals surface area contributed by atoms with Gasteiger partial charge in [0.2, 0.25) is 0 Å². The molecule has 2 aliphatic heterocycles. The van der Waals surface area contributed by atoms with Crippen molar-refractivity contribution in [1.29, 1.82) is 0 Å². The van der Waals surface area contributed by atoms with Crippen LogP contribution in [0.3, 0.4) is 0 Å². The maximum atomic E-state index is 5.97. The fourth-order valence-electron chi connectivity index (χ4n) is 3.67. The first-order valence-electron chi connectivity index (χ1n) is 10.2. The van der Waals surface area contributed by atoms with Crippen LogP contribution in [0.15, 0.2) is 29.3 Å². The molecule has 0 bridgehead atoms. The Hall–Kier alpha value is -1.06. The van der Waals surface area contributed by atoms with Crippen molar-refractivity contribution >= 4 is 35.6 Å². The Morgan fingerprint density at radius 1 is 1.18 bits per heavy atom. The molecule has 2 atom stereocenters. The van der Waals surface area contributed by atoms with Crippen LogP contribution in [0, 0.1) is 0 Å². The molecular formula is C21H35IN4O2. The third-order valence-corrected chi connectivity index (χ3v) is 5.22. The largest absolute Gasteiger partial charge is 0.378 e. The normalized spacial score (nSPS) is 22.7. The van der Waals surface area contributed by atoms with Gasteiger partial charge in [0.15, 0.2) is 5.96 Å². The third kappa shape index (κ3) is 6.49. The van der Waals surface area contributed by atoms with E-state index in [1.165, 1.54) is 11.3 Å². The van der Waals surface area contributed by atoms with Crippen molar-refractivity contribution in [2.75, 3.05) is 58.4 Å². The lowest BCUT2D eigenvalue weighted by Gasteiger charge is -2.37. The Bertz CT molecular complexity index is 603. The van der Waals surface area contributed by atoms with Gasteiger partial charge in [0.1, 0.15) is 6.10 Å². The van der Waals surface area contributed by atoms with Gasteiger partial charge >= 0.3 is 0 Å². The second-order valence-electron chi connectivity index (χ2n) is 7.45. The molecule has 6 nitrogen and oxygen atoms in total. The van der Waals surface area contributed by atoms with Crippen molar-refractivity contribution in [2.45, 2.75) is 38.4 Å². The fourth-order valence-corrected chi connectivity index (χ4v) is 3.67. The number of hydrogen-bond acceptors (Lipinski definition) is 4. The number of anilines is 1. The number of aliphatic imine (C=N–C) groups is 1. The molecule has 28 heavy (non-hydrogen) atoms. The first-order chi connectivity index (χ1) is 13.2. The standard InChI is InChI=1S/C21H34N4O2.HI/c1-4-22-21(23-12-11-17-7-9-18(10-8-17)24(2)3)25-13-15-27-20(16-25)19-6-5-14-26-19;/h7-10,19-20H,4-6,11-16H2,1-3H3,(H,22,23);1H. The summed E-state index contributed by atoms with van der Waals surface area (Å²) in [6.07, 6.45) is 3.59. The minimum Gasteiger partial charge on any atom is -0.378 e. The van der Waals surface area contributed by atoms with Crippen molar-refractivity contribution in [3.8, 4) is 0 Å². The Morgan fingerprint density at radius 2 is 1.93 bits per heavy atom. The second-order valence-corrected chi connectivity index (χ2v) is 7.45. The maximum absolute atomic E-state index is 5.97. The van der Waals surface area contributed by atoms with Crippen molar-refractivity contribution in [1.82, 2.24) is 10.2 Å². The quantitative estimate of drug-likeness (QED) is 0.369. The van der Waals surface area contributed by atoms with Crippen LogP contribution in [0.25, 0.3) is 0 Å². The Morgan fingerprint density at radius 3 is 2.57 bits per heavy atom. The smallest absolute Gasteiger partial charge is 0.194 e. The van der Waals surface area contributed by atoms with Crippen LogP contribution in [0.4, 0.5) is 5.69 Å². The number of morpholine rings is 1. The highest BCUT2D eigenvalue weighted by molar-refractivity contribution is 14.0. The molecule has 3 rings (SSSR count). The lowest BCUT2D eigenvalue weighted by atomic mass is 10.1. The monoisotopic (exact) mass is 502 g/mol. The molecule has 0 aromatic heterocycles. The lowest BCUT2D eigenvalue weighted by molar-refractivity contribution is -0.0817. The SMILES string of the molecule is CCNC(=NCCc1ccc(N(C)C)cc1)N1CCOC(C2CCCO2)C1.I. The summed E-state index contributed by atoms with van der Waals surface area (Å²) in [4.78, 5) is 9.32. The van der Waals surface area contributed by atoms with E-state index in [-0.39, 0.29) is 36.2 Å². The Kier molecular flexibility index (Phi) is 9.81. The number of guanidine groups is 1. The van der Waals surface area contributed by atoms with Crippen LogP contribution in [-0.4, -0.2) is 76.6 Å². The van der Waals surface area contributed by atoms with E-state index in [2.05, 4.69) is 60.4 Å². The molecule has 2 aliphatic rings. The van der Waals surface area contributed by atoms with Gasteiger partial charge in [-0.25, -0.2) is 0 Å². The molecule has 1 aromatic rings. The fraction of sp³-hybridized carbons (Fsp3) is 0.667. The highest BCUT2D eigenvalue weighted by atomic mass is 127. The third-order valence-electron chi connectivity index (χ3n) is 5.22. The van der Waals surface area contributed by atoms with Crippen LogP contribution >= 0.6 is 24.0 Å². The second kappa shape index (κ2) is 11.8. The van der Waals surface area contributed by atoms with Gasteiger partial charge in [0.05, 0.1) is 12.7 Å². The molecule has 2 fully saturated rings. The number of nitrogens with one attached hydrogen (secondary N) is 1. The summed E-state index contributed by atoms with van der Waals surface area (Å²) in [6.45, 7) is 7.12. The Labute approximate surface area is 186 Å². The zero-order valence-corrected chi connectivity index (χ0v) is 19.7. The molecule has 7 heteroatoms. The van der Waals surface area contributed by atoms with E-state index in [4.69, 9.17) is 14.5 Å². The molecule has 0 spiro atoms. The highest BCUT2D eigenvalue weighted by Crippen LogP contribution is 2.21. The molecular weight excluding hydrogens is 467 g/mol. The summed E-state index contributed by atoms with van der Waals surface area (Å²) < 4.78 is 11.8. The van der Waals surface area contributed by atoms with Crippen LogP contribution in [0.5, 0.6) is 0 Å². The van der Waals surface area contributed by atoms with E-state index in [9.17, 15) is 0 Å². The zero-order chi connectivity index (χ0) is 19.1. The van der Waals surface area contributed by atoms with Crippen LogP contribution in [-0.2, 0) is 15.9 Å². The van der Waals surface area contributed by atoms with E-state index < -0.39 is 0 Å². The summed E-state index contributed by atoms with van der Waals surface area (Å²) in [7, 11) is 4.13. The van der Waals surface area contributed by atoms with Gasteiger partial charge in [-0.15, -0.1) is 24.0 Å². The average Bonchev–Trinajstić information content (AvgIpc) is 3.23. The van der Waals surface area contributed by atoms with Gasteiger partial charge in [-0.1, -0.05) is 12.1 Å². The summed E-state index contributed by atoms with van der Waals surface area (Å²) in [5, 5.41) is 3.45. The predicted octanol–water partition coefficient (Wildman–Crippen LogP) is 2.76.